The zero-order valence-corrected chi connectivity index (χ0v) is 10.8. The number of carbonyl (C=O) groups excluding carboxylic acids is 1. The molecular formula is C14H19N2O2. The van der Waals surface area contributed by atoms with Crippen LogP contribution in [0.3, 0.4) is 0 Å². The fourth-order valence-corrected chi connectivity index (χ4v) is 2.17. The molecule has 0 unspecified atom stereocenters. The highest BCUT2D eigenvalue weighted by Crippen LogP contribution is 2.07. The van der Waals surface area contributed by atoms with E-state index < -0.39 is 5.97 Å². The second-order valence-electron chi connectivity index (χ2n) is 4.88. The van der Waals surface area contributed by atoms with Gasteiger partial charge in [0.2, 0.25) is 0 Å². The fraction of sp³-hybridized carbons (Fsp3) is 0.500. The quantitative estimate of drug-likeness (QED) is 0.798. The maximum absolute atomic E-state index is 10.6. The summed E-state index contributed by atoms with van der Waals surface area (Å²) in [5.74, 6) is -1.11. The second kappa shape index (κ2) is 5.98. The van der Waals surface area contributed by atoms with Gasteiger partial charge in [-0.05, 0) is 31.2 Å². The van der Waals surface area contributed by atoms with E-state index in [1.807, 2.05) is 12.1 Å². The Morgan fingerprint density at radius 2 is 1.72 bits per heavy atom. The van der Waals surface area contributed by atoms with Crippen LogP contribution in [0.2, 0.25) is 0 Å². The van der Waals surface area contributed by atoms with Gasteiger partial charge in [0.15, 0.2) is 0 Å². The Kier molecular flexibility index (Phi) is 4.33. The van der Waals surface area contributed by atoms with E-state index >= 15 is 0 Å². The van der Waals surface area contributed by atoms with E-state index in [-0.39, 0.29) is 5.56 Å². The molecule has 0 saturated carbocycles. The summed E-state index contributed by atoms with van der Waals surface area (Å²) in [6, 6.07) is 6.99. The minimum atomic E-state index is -1.11. The summed E-state index contributed by atoms with van der Waals surface area (Å²) in [5.41, 5.74) is 1.43. The van der Waals surface area contributed by atoms with Gasteiger partial charge in [-0.15, -0.1) is 0 Å². The molecular weight excluding hydrogens is 228 g/mol. The summed E-state index contributed by atoms with van der Waals surface area (Å²) in [6.45, 7) is 5.53. The minimum absolute atomic E-state index is 0.248. The fourth-order valence-electron chi connectivity index (χ4n) is 2.17. The average molecular weight is 247 g/mol. The third-order valence-corrected chi connectivity index (χ3v) is 3.50. The van der Waals surface area contributed by atoms with Crippen molar-refractivity contribution in [2.24, 2.45) is 0 Å². The first-order chi connectivity index (χ1) is 8.65. The van der Waals surface area contributed by atoms with Crippen LogP contribution in [0.25, 0.3) is 0 Å². The third kappa shape index (κ3) is 3.55. The van der Waals surface area contributed by atoms with Crippen molar-refractivity contribution in [1.82, 2.24) is 9.80 Å². The molecule has 4 nitrogen and oxygen atoms in total. The van der Waals surface area contributed by atoms with E-state index in [9.17, 15) is 9.90 Å². The predicted octanol–water partition coefficient (Wildman–Crippen LogP) is 1.05. The van der Waals surface area contributed by atoms with Crippen molar-refractivity contribution < 1.29 is 9.90 Å². The van der Waals surface area contributed by atoms with Crippen molar-refractivity contribution in [1.29, 1.82) is 0 Å². The molecule has 0 atom stereocenters. The molecule has 18 heavy (non-hydrogen) atoms. The molecule has 1 fully saturated rings. The highest BCUT2D eigenvalue weighted by atomic mass is 16.4. The van der Waals surface area contributed by atoms with Crippen molar-refractivity contribution >= 4 is 5.97 Å². The Labute approximate surface area is 108 Å². The molecule has 1 radical (unpaired) electrons. The van der Waals surface area contributed by atoms with Gasteiger partial charge < -0.3 is 9.80 Å². The van der Waals surface area contributed by atoms with E-state index in [4.69, 9.17) is 0 Å². The zero-order valence-electron chi connectivity index (χ0n) is 10.8. The van der Waals surface area contributed by atoms with Crippen LogP contribution in [0.1, 0.15) is 15.9 Å². The zero-order chi connectivity index (χ0) is 13.0. The Morgan fingerprint density at radius 1 is 1.11 bits per heavy atom. The number of hydrogen-bond acceptors (Lipinski definition) is 3. The van der Waals surface area contributed by atoms with Crippen LogP contribution in [-0.4, -0.2) is 55.5 Å². The normalized spacial score (nSPS) is 17.8. The first-order valence-electron chi connectivity index (χ1n) is 6.36. The molecule has 1 aliphatic heterocycles. The maximum Gasteiger partial charge on any atom is 0.386 e. The third-order valence-electron chi connectivity index (χ3n) is 3.50. The molecule has 1 aromatic carbocycles. The lowest BCUT2D eigenvalue weighted by Gasteiger charge is -2.32. The molecule has 0 aliphatic carbocycles. The maximum atomic E-state index is 10.6. The first kappa shape index (κ1) is 13.1. The Hall–Kier alpha value is -1.39. The molecule has 4 heteroatoms. The molecule has 0 N–H and O–H groups in total. The van der Waals surface area contributed by atoms with Crippen LogP contribution in [0.5, 0.6) is 0 Å². The van der Waals surface area contributed by atoms with Crippen LogP contribution in [0, 0.1) is 0 Å². The van der Waals surface area contributed by atoms with Gasteiger partial charge in [0.05, 0.1) is 5.56 Å². The minimum Gasteiger partial charge on any atom is -0.304 e. The molecule has 0 bridgehead atoms. The van der Waals surface area contributed by atoms with Crippen LogP contribution < -0.4 is 0 Å². The second-order valence-corrected chi connectivity index (χ2v) is 4.88. The number of hydrogen-bond donors (Lipinski definition) is 0. The number of benzene rings is 1. The van der Waals surface area contributed by atoms with Crippen LogP contribution in [-0.2, 0) is 11.5 Å². The van der Waals surface area contributed by atoms with Crippen molar-refractivity contribution in [3.63, 3.8) is 0 Å². The Bertz CT molecular complexity index is 395. The first-order valence-corrected chi connectivity index (χ1v) is 6.36. The number of piperazine rings is 1. The van der Waals surface area contributed by atoms with Gasteiger partial charge in [0.25, 0.3) is 0 Å². The van der Waals surface area contributed by atoms with Gasteiger partial charge in [-0.3, -0.25) is 0 Å². The molecule has 0 aromatic heterocycles. The Balaban J connectivity index is 1.81. The summed E-state index contributed by atoms with van der Waals surface area (Å²) in [7, 11) is 2.15. The summed E-state index contributed by atoms with van der Waals surface area (Å²) in [5, 5.41) is 10.6. The number of likely N-dealkylation sites (N-methyl/N-ethyl adjacent to an activating group) is 1. The highest BCUT2D eigenvalue weighted by molar-refractivity contribution is 5.87. The Morgan fingerprint density at radius 3 is 2.28 bits per heavy atom. The summed E-state index contributed by atoms with van der Waals surface area (Å²) in [6.07, 6.45) is 0.969. The summed E-state index contributed by atoms with van der Waals surface area (Å²) >= 11 is 0. The molecule has 1 saturated heterocycles. The van der Waals surface area contributed by atoms with Gasteiger partial charge in [-0.25, -0.2) is 9.90 Å². The molecule has 2 rings (SSSR count). The molecule has 0 spiro atoms. The SMILES string of the molecule is CN1CCN(CCc2ccc(C([O])=O)cc2)CC1. The van der Waals surface area contributed by atoms with E-state index in [1.54, 1.807) is 12.1 Å². The molecule has 1 heterocycles. The number of rotatable bonds is 4. The van der Waals surface area contributed by atoms with Crippen molar-refractivity contribution in [2.75, 3.05) is 39.8 Å². The van der Waals surface area contributed by atoms with E-state index in [1.165, 1.54) is 5.56 Å². The molecule has 0 amide bonds. The summed E-state index contributed by atoms with van der Waals surface area (Å²) in [4.78, 5) is 15.4. The van der Waals surface area contributed by atoms with Crippen molar-refractivity contribution in [3.05, 3.63) is 35.4 Å². The lowest BCUT2D eigenvalue weighted by atomic mass is 10.1. The smallest absolute Gasteiger partial charge is 0.304 e. The van der Waals surface area contributed by atoms with Crippen LogP contribution in [0.4, 0.5) is 0 Å². The molecule has 1 aliphatic rings. The van der Waals surface area contributed by atoms with E-state index in [0.717, 1.165) is 39.1 Å². The predicted molar refractivity (Wildman–Crippen MR) is 69.1 cm³/mol. The van der Waals surface area contributed by atoms with Gasteiger partial charge >= 0.3 is 5.97 Å². The van der Waals surface area contributed by atoms with Gasteiger partial charge in [-0.2, -0.15) is 0 Å². The lowest BCUT2D eigenvalue weighted by molar-refractivity contribution is 0.0573. The van der Waals surface area contributed by atoms with Gasteiger partial charge in [-0.1, -0.05) is 12.1 Å². The van der Waals surface area contributed by atoms with Crippen LogP contribution in [0.15, 0.2) is 24.3 Å². The lowest BCUT2D eigenvalue weighted by Crippen LogP contribution is -2.45. The standard InChI is InChI=1S/C14H19N2O2/c1-15-8-10-16(11-9-15)7-6-12-2-4-13(5-3-12)14(17)18/h2-5H,6-11H2,1H3. The van der Waals surface area contributed by atoms with Gasteiger partial charge in [0.1, 0.15) is 0 Å². The highest BCUT2D eigenvalue weighted by Gasteiger charge is 2.13. The van der Waals surface area contributed by atoms with Crippen molar-refractivity contribution in [3.8, 4) is 0 Å². The molecule has 97 valence electrons. The largest absolute Gasteiger partial charge is 0.386 e. The van der Waals surface area contributed by atoms with Crippen LogP contribution >= 0.6 is 0 Å². The molecule has 1 aromatic rings. The monoisotopic (exact) mass is 247 g/mol. The summed E-state index contributed by atoms with van der Waals surface area (Å²) < 4.78 is 0. The number of nitrogens with zero attached hydrogens (tertiary/aromatic N) is 2. The van der Waals surface area contributed by atoms with E-state index in [0.29, 0.717) is 0 Å². The number of carbonyl (C=O) groups is 1. The van der Waals surface area contributed by atoms with Crippen molar-refractivity contribution in [2.45, 2.75) is 6.42 Å². The van der Waals surface area contributed by atoms with E-state index in [2.05, 4.69) is 16.8 Å². The topological polar surface area (TPSA) is 43.5 Å². The average Bonchev–Trinajstić information content (AvgIpc) is 2.38. The van der Waals surface area contributed by atoms with Gasteiger partial charge in [0, 0.05) is 32.7 Å².